The van der Waals surface area contributed by atoms with Crippen molar-refractivity contribution in [3.05, 3.63) is 49.6 Å². The Balaban J connectivity index is 1.85. The smallest absolute Gasteiger partial charge is 0.254 e. The van der Waals surface area contributed by atoms with Gasteiger partial charge in [-0.25, -0.2) is 15.0 Å². The van der Waals surface area contributed by atoms with Gasteiger partial charge in [0.1, 0.15) is 22.5 Å². The third kappa shape index (κ3) is 2.92. The number of aromatic nitrogens is 4. The van der Waals surface area contributed by atoms with Crippen LogP contribution in [0.5, 0.6) is 0 Å². The fourth-order valence-electron chi connectivity index (χ4n) is 2.48. The molecule has 3 heterocycles. The molecule has 0 fully saturated rings. The number of hydrogen-bond acceptors (Lipinski definition) is 5. The van der Waals surface area contributed by atoms with Gasteiger partial charge in [-0.3, -0.25) is 9.69 Å². The fraction of sp³-hybridized carbons (Fsp3) is 0.385. The van der Waals surface area contributed by atoms with Gasteiger partial charge < -0.3 is 4.98 Å². The van der Waals surface area contributed by atoms with Crippen LogP contribution in [0.15, 0.2) is 11.1 Å². The number of aryl methyl sites for hydroxylation is 1. The standard InChI is InChI=1S/C13H13Cl2N5O/c1-7-18-10-5-20(3-2-8(10)13(21)19-7)4-9-11(14)16-6-17-12(9)15/h6H,2-5H2,1H3,(H,18,19,21). The number of aromatic amines is 1. The third-order valence-electron chi connectivity index (χ3n) is 3.49. The number of rotatable bonds is 2. The monoisotopic (exact) mass is 325 g/mol. The molecule has 0 spiro atoms. The molecule has 6 nitrogen and oxygen atoms in total. The summed E-state index contributed by atoms with van der Waals surface area (Å²) < 4.78 is 0. The molecule has 3 rings (SSSR count). The summed E-state index contributed by atoms with van der Waals surface area (Å²) >= 11 is 12.1. The first-order valence-electron chi connectivity index (χ1n) is 6.50. The van der Waals surface area contributed by atoms with Crippen LogP contribution in [0.3, 0.4) is 0 Å². The lowest BCUT2D eigenvalue weighted by atomic mass is 10.1. The molecule has 1 N–H and O–H groups in total. The van der Waals surface area contributed by atoms with Crippen LogP contribution < -0.4 is 5.56 Å². The van der Waals surface area contributed by atoms with E-state index in [2.05, 4.69) is 24.8 Å². The quantitative estimate of drug-likeness (QED) is 0.851. The Bertz CT molecular complexity index is 726. The Hall–Kier alpha value is -1.50. The van der Waals surface area contributed by atoms with E-state index in [1.54, 1.807) is 6.92 Å². The minimum atomic E-state index is -0.0451. The number of nitrogens with zero attached hydrogens (tertiary/aromatic N) is 4. The Morgan fingerprint density at radius 1 is 1.33 bits per heavy atom. The predicted octanol–water partition coefficient (Wildman–Crippen LogP) is 1.73. The zero-order valence-corrected chi connectivity index (χ0v) is 12.9. The van der Waals surface area contributed by atoms with E-state index in [0.29, 0.717) is 41.2 Å². The largest absolute Gasteiger partial charge is 0.311 e. The van der Waals surface area contributed by atoms with Crippen LogP contribution in [0.25, 0.3) is 0 Å². The molecular formula is C13H13Cl2N5O. The minimum absolute atomic E-state index is 0.0451. The summed E-state index contributed by atoms with van der Waals surface area (Å²) in [4.78, 5) is 29.1. The maximum absolute atomic E-state index is 11.9. The Morgan fingerprint density at radius 2 is 2.05 bits per heavy atom. The molecule has 8 heteroatoms. The Morgan fingerprint density at radius 3 is 2.76 bits per heavy atom. The second-order valence-electron chi connectivity index (χ2n) is 4.97. The lowest BCUT2D eigenvalue weighted by molar-refractivity contribution is 0.239. The molecule has 0 atom stereocenters. The second-order valence-corrected chi connectivity index (χ2v) is 5.69. The molecule has 110 valence electrons. The highest BCUT2D eigenvalue weighted by molar-refractivity contribution is 6.34. The molecule has 0 aromatic carbocycles. The van der Waals surface area contributed by atoms with E-state index in [9.17, 15) is 4.79 Å². The van der Waals surface area contributed by atoms with E-state index in [0.717, 1.165) is 17.8 Å². The van der Waals surface area contributed by atoms with Gasteiger partial charge in [0.05, 0.1) is 5.69 Å². The van der Waals surface area contributed by atoms with Gasteiger partial charge in [0.2, 0.25) is 0 Å². The van der Waals surface area contributed by atoms with E-state index < -0.39 is 0 Å². The van der Waals surface area contributed by atoms with Crippen molar-refractivity contribution in [2.75, 3.05) is 6.54 Å². The molecule has 1 aliphatic heterocycles. The fourth-order valence-corrected chi connectivity index (χ4v) is 2.91. The lowest BCUT2D eigenvalue weighted by Crippen LogP contribution is -2.35. The molecule has 1 aliphatic rings. The molecule has 0 saturated carbocycles. The van der Waals surface area contributed by atoms with Crippen molar-refractivity contribution in [2.24, 2.45) is 0 Å². The average Bonchev–Trinajstić information content (AvgIpc) is 2.42. The topological polar surface area (TPSA) is 74.8 Å². The van der Waals surface area contributed by atoms with Crippen LogP contribution in [-0.2, 0) is 19.5 Å². The average molecular weight is 326 g/mol. The summed E-state index contributed by atoms with van der Waals surface area (Å²) in [5, 5.41) is 0.715. The first kappa shape index (κ1) is 14.4. The zero-order valence-electron chi connectivity index (χ0n) is 11.4. The molecule has 0 unspecified atom stereocenters. The van der Waals surface area contributed by atoms with Crippen LogP contribution in [0.1, 0.15) is 22.6 Å². The van der Waals surface area contributed by atoms with E-state index in [1.807, 2.05) is 0 Å². The summed E-state index contributed by atoms with van der Waals surface area (Å²) in [6.45, 7) is 3.63. The van der Waals surface area contributed by atoms with E-state index in [-0.39, 0.29) is 5.56 Å². The maximum Gasteiger partial charge on any atom is 0.254 e. The second kappa shape index (κ2) is 5.71. The molecule has 0 aliphatic carbocycles. The Labute approximate surface area is 131 Å². The first-order valence-corrected chi connectivity index (χ1v) is 7.26. The normalized spacial score (nSPS) is 15.0. The van der Waals surface area contributed by atoms with E-state index in [1.165, 1.54) is 6.33 Å². The van der Waals surface area contributed by atoms with E-state index in [4.69, 9.17) is 23.2 Å². The molecule has 2 aromatic heterocycles. The van der Waals surface area contributed by atoms with Crippen molar-refractivity contribution in [1.82, 2.24) is 24.8 Å². The molecule has 0 radical (unpaired) electrons. The number of hydrogen-bond donors (Lipinski definition) is 1. The van der Waals surface area contributed by atoms with Gasteiger partial charge in [0.25, 0.3) is 5.56 Å². The van der Waals surface area contributed by atoms with Gasteiger partial charge in [-0.05, 0) is 13.3 Å². The van der Waals surface area contributed by atoms with Crippen molar-refractivity contribution in [1.29, 1.82) is 0 Å². The van der Waals surface area contributed by atoms with Gasteiger partial charge >= 0.3 is 0 Å². The van der Waals surface area contributed by atoms with Crippen molar-refractivity contribution < 1.29 is 0 Å². The lowest BCUT2D eigenvalue weighted by Gasteiger charge is -2.27. The number of H-pyrrole nitrogens is 1. The van der Waals surface area contributed by atoms with Gasteiger partial charge in [-0.1, -0.05) is 23.2 Å². The molecule has 0 saturated heterocycles. The van der Waals surface area contributed by atoms with Crippen molar-refractivity contribution in [2.45, 2.75) is 26.4 Å². The molecular weight excluding hydrogens is 313 g/mol. The molecule has 2 aromatic rings. The van der Waals surface area contributed by atoms with E-state index >= 15 is 0 Å². The highest BCUT2D eigenvalue weighted by Crippen LogP contribution is 2.24. The van der Waals surface area contributed by atoms with Crippen LogP contribution in [0, 0.1) is 6.92 Å². The Kier molecular flexibility index (Phi) is 3.93. The highest BCUT2D eigenvalue weighted by Gasteiger charge is 2.22. The minimum Gasteiger partial charge on any atom is -0.311 e. The zero-order chi connectivity index (χ0) is 15.0. The van der Waals surface area contributed by atoms with Crippen LogP contribution in [0.2, 0.25) is 10.3 Å². The van der Waals surface area contributed by atoms with Crippen LogP contribution in [0.4, 0.5) is 0 Å². The summed E-state index contributed by atoms with van der Waals surface area (Å²) in [7, 11) is 0. The predicted molar refractivity (Wildman–Crippen MR) is 79.5 cm³/mol. The maximum atomic E-state index is 11.9. The molecule has 0 amide bonds. The van der Waals surface area contributed by atoms with Gasteiger partial charge in [0, 0.05) is 30.8 Å². The summed E-state index contributed by atoms with van der Waals surface area (Å²) in [6, 6.07) is 0. The van der Waals surface area contributed by atoms with Crippen molar-refractivity contribution >= 4 is 23.2 Å². The summed E-state index contributed by atoms with van der Waals surface area (Å²) in [6.07, 6.45) is 1.99. The van der Waals surface area contributed by atoms with Gasteiger partial charge in [-0.2, -0.15) is 0 Å². The SMILES string of the molecule is Cc1nc2c(c(=O)[nH]1)CCN(Cc1c(Cl)ncnc1Cl)C2. The van der Waals surface area contributed by atoms with Gasteiger partial charge in [-0.15, -0.1) is 0 Å². The van der Waals surface area contributed by atoms with Crippen LogP contribution >= 0.6 is 23.2 Å². The summed E-state index contributed by atoms with van der Waals surface area (Å²) in [5.41, 5.74) is 2.23. The number of halogens is 2. The summed E-state index contributed by atoms with van der Waals surface area (Å²) in [5.74, 6) is 0.625. The number of fused-ring (bicyclic) bond motifs is 1. The van der Waals surface area contributed by atoms with Crippen LogP contribution in [-0.4, -0.2) is 31.4 Å². The number of nitrogens with one attached hydrogen (secondary N) is 1. The first-order chi connectivity index (χ1) is 10.0. The van der Waals surface area contributed by atoms with Crippen molar-refractivity contribution in [3.8, 4) is 0 Å². The molecule has 0 bridgehead atoms. The third-order valence-corrected chi connectivity index (χ3v) is 4.14. The molecule has 21 heavy (non-hydrogen) atoms. The highest BCUT2D eigenvalue weighted by atomic mass is 35.5. The van der Waals surface area contributed by atoms with Crippen molar-refractivity contribution in [3.63, 3.8) is 0 Å². The van der Waals surface area contributed by atoms with Gasteiger partial charge in [0.15, 0.2) is 0 Å².